The highest BCUT2D eigenvalue weighted by molar-refractivity contribution is 5.06. The van der Waals surface area contributed by atoms with Crippen molar-refractivity contribution in [2.45, 2.75) is 39.5 Å². The van der Waals surface area contributed by atoms with Crippen molar-refractivity contribution in [2.24, 2.45) is 17.3 Å². The maximum atomic E-state index is 2.38. The molecule has 52 valence electrons. The lowest BCUT2D eigenvalue weighted by Gasteiger charge is -2.40. The molecule has 2 aliphatic carbocycles. The lowest BCUT2D eigenvalue weighted by Crippen LogP contribution is -2.31. The Labute approximate surface area is 57.6 Å². The Balaban J connectivity index is 1.99. The molecule has 0 aromatic heterocycles. The first-order chi connectivity index (χ1) is 4.25. The molecular weight excluding hydrogens is 108 g/mol. The number of hydrogen-bond acceptors (Lipinski definition) is 0. The zero-order chi connectivity index (χ0) is 6.48. The molecule has 2 fully saturated rings. The number of hydrogen-bond donors (Lipinski definition) is 0. The molecule has 2 aliphatic rings. The molecule has 0 aromatic rings. The van der Waals surface area contributed by atoms with Crippen molar-refractivity contribution in [1.82, 2.24) is 0 Å². The van der Waals surface area contributed by atoms with Crippen molar-refractivity contribution in [1.29, 1.82) is 0 Å². The van der Waals surface area contributed by atoms with E-state index in [4.69, 9.17) is 0 Å². The Morgan fingerprint density at radius 1 is 1.22 bits per heavy atom. The van der Waals surface area contributed by atoms with Gasteiger partial charge in [0.1, 0.15) is 0 Å². The molecule has 0 radical (unpaired) electrons. The first-order valence-electron chi connectivity index (χ1n) is 4.25. The molecule has 0 saturated heterocycles. The van der Waals surface area contributed by atoms with Gasteiger partial charge in [-0.2, -0.15) is 0 Å². The highest BCUT2D eigenvalue weighted by atomic mass is 14.6. The summed E-state index contributed by atoms with van der Waals surface area (Å²) >= 11 is 0. The second-order valence-corrected chi connectivity index (χ2v) is 4.25. The molecule has 0 heteroatoms. The maximum absolute atomic E-state index is 2.38. The fourth-order valence-electron chi connectivity index (χ4n) is 2.54. The summed E-state index contributed by atoms with van der Waals surface area (Å²) in [4.78, 5) is 0. The summed E-state index contributed by atoms with van der Waals surface area (Å²) in [6.45, 7) is 4.76. The van der Waals surface area contributed by atoms with Crippen molar-refractivity contribution in [3.05, 3.63) is 0 Å². The van der Waals surface area contributed by atoms with E-state index in [-0.39, 0.29) is 0 Å². The predicted octanol–water partition coefficient (Wildman–Crippen LogP) is 2.83. The molecule has 9 heavy (non-hydrogen) atoms. The van der Waals surface area contributed by atoms with Gasteiger partial charge in [-0.25, -0.2) is 0 Å². The van der Waals surface area contributed by atoms with E-state index in [2.05, 4.69) is 13.8 Å². The smallest absolute Gasteiger partial charge is 0.0266 e. The van der Waals surface area contributed by atoms with Gasteiger partial charge in [0.15, 0.2) is 0 Å². The van der Waals surface area contributed by atoms with Crippen LogP contribution in [0.1, 0.15) is 39.5 Å². The minimum absolute atomic E-state index is 0.911. The molecule has 0 nitrogen and oxygen atoms in total. The van der Waals surface area contributed by atoms with E-state index in [1.807, 2.05) is 0 Å². The maximum Gasteiger partial charge on any atom is -0.0266 e. The van der Waals surface area contributed by atoms with E-state index in [0.717, 1.165) is 17.3 Å². The van der Waals surface area contributed by atoms with E-state index in [1.54, 1.807) is 19.3 Å². The second-order valence-electron chi connectivity index (χ2n) is 4.25. The average Bonchev–Trinajstić information content (AvgIpc) is 2.37. The van der Waals surface area contributed by atoms with Crippen LogP contribution in [0.3, 0.4) is 0 Å². The van der Waals surface area contributed by atoms with E-state index in [9.17, 15) is 0 Å². The van der Waals surface area contributed by atoms with Crippen molar-refractivity contribution in [3.8, 4) is 0 Å². The van der Waals surface area contributed by atoms with E-state index in [1.165, 1.54) is 6.42 Å². The Hall–Kier alpha value is 0. The van der Waals surface area contributed by atoms with Crippen LogP contribution in [0.4, 0.5) is 0 Å². The lowest BCUT2D eigenvalue weighted by atomic mass is 9.65. The van der Waals surface area contributed by atoms with Crippen molar-refractivity contribution in [2.75, 3.05) is 0 Å². The summed E-state index contributed by atoms with van der Waals surface area (Å²) < 4.78 is 0. The van der Waals surface area contributed by atoms with Crippen LogP contribution in [0.2, 0.25) is 0 Å². The summed E-state index contributed by atoms with van der Waals surface area (Å²) in [7, 11) is 0. The Morgan fingerprint density at radius 3 is 2.00 bits per heavy atom. The van der Waals surface area contributed by atoms with Gasteiger partial charge in [-0.3, -0.25) is 0 Å². The Bertz CT molecular complexity index is 120. The van der Waals surface area contributed by atoms with Crippen LogP contribution in [0.25, 0.3) is 0 Å². The lowest BCUT2D eigenvalue weighted by molar-refractivity contribution is 0.0975. The van der Waals surface area contributed by atoms with Gasteiger partial charge in [-0.05, 0) is 42.9 Å². The molecule has 0 N–H and O–H groups in total. The Kier molecular flexibility index (Phi) is 0.980. The van der Waals surface area contributed by atoms with Crippen LogP contribution < -0.4 is 0 Å². The third-order valence-electron chi connectivity index (χ3n) is 3.44. The molecular formula is C9H16. The molecule has 1 spiro atoms. The first kappa shape index (κ1) is 5.76. The minimum atomic E-state index is 0.911. The average molecular weight is 124 g/mol. The molecule has 0 bridgehead atoms. The number of rotatable bonds is 1. The zero-order valence-electron chi connectivity index (χ0n) is 6.48. The van der Waals surface area contributed by atoms with Crippen molar-refractivity contribution < 1.29 is 0 Å². The third-order valence-corrected chi connectivity index (χ3v) is 3.44. The van der Waals surface area contributed by atoms with Gasteiger partial charge in [-0.1, -0.05) is 13.8 Å². The zero-order valence-corrected chi connectivity index (χ0v) is 6.48. The SMILES string of the molecule is CC(C)C1CCC12CC2. The van der Waals surface area contributed by atoms with E-state index in [0.29, 0.717) is 0 Å². The standard InChI is InChI=1S/C9H16/c1-7(2)8-3-4-9(8)5-6-9/h7-8H,3-6H2,1-2H3. The second kappa shape index (κ2) is 1.53. The van der Waals surface area contributed by atoms with Gasteiger partial charge < -0.3 is 0 Å². The van der Waals surface area contributed by atoms with Crippen molar-refractivity contribution >= 4 is 0 Å². The van der Waals surface area contributed by atoms with Crippen LogP contribution in [-0.2, 0) is 0 Å². The largest absolute Gasteiger partial charge is 0.0625 e. The normalized spacial score (nSPS) is 37.0. The minimum Gasteiger partial charge on any atom is -0.0625 e. The summed E-state index contributed by atoms with van der Waals surface area (Å²) in [6, 6.07) is 0. The summed E-state index contributed by atoms with van der Waals surface area (Å²) in [5.41, 5.74) is 0.911. The molecule has 0 heterocycles. The van der Waals surface area contributed by atoms with Crippen LogP contribution in [0.15, 0.2) is 0 Å². The summed E-state index contributed by atoms with van der Waals surface area (Å²) in [5.74, 6) is 2.07. The van der Waals surface area contributed by atoms with Crippen LogP contribution >= 0.6 is 0 Å². The third kappa shape index (κ3) is 0.653. The van der Waals surface area contributed by atoms with Gasteiger partial charge in [0, 0.05) is 0 Å². The molecule has 0 aromatic carbocycles. The fraction of sp³-hybridized carbons (Fsp3) is 1.00. The quantitative estimate of drug-likeness (QED) is 0.504. The Morgan fingerprint density at radius 2 is 1.89 bits per heavy atom. The first-order valence-corrected chi connectivity index (χ1v) is 4.25. The van der Waals surface area contributed by atoms with Gasteiger partial charge in [0.25, 0.3) is 0 Å². The van der Waals surface area contributed by atoms with Crippen molar-refractivity contribution in [3.63, 3.8) is 0 Å². The van der Waals surface area contributed by atoms with Crippen LogP contribution in [-0.4, -0.2) is 0 Å². The van der Waals surface area contributed by atoms with E-state index >= 15 is 0 Å². The monoisotopic (exact) mass is 124 g/mol. The van der Waals surface area contributed by atoms with Gasteiger partial charge in [0.2, 0.25) is 0 Å². The van der Waals surface area contributed by atoms with Gasteiger partial charge in [0.05, 0.1) is 0 Å². The van der Waals surface area contributed by atoms with Crippen LogP contribution in [0.5, 0.6) is 0 Å². The topological polar surface area (TPSA) is 0 Å². The summed E-state index contributed by atoms with van der Waals surface area (Å²) in [5, 5.41) is 0. The molecule has 2 rings (SSSR count). The highest BCUT2D eigenvalue weighted by Gasteiger charge is 2.55. The highest BCUT2D eigenvalue weighted by Crippen LogP contribution is 2.66. The van der Waals surface area contributed by atoms with Gasteiger partial charge >= 0.3 is 0 Å². The predicted molar refractivity (Wildman–Crippen MR) is 39.2 cm³/mol. The van der Waals surface area contributed by atoms with E-state index < -0.39 is 0 Å². The molecule has 2 saturated carbocycles. The fourth-order valence-corrected chi connectivity index (χ4v) is 2.54. The molecule has 1 atom stereocenters. The molecule has 0 aliphatic heterocycles. The molecule has 0 amide bonds. The molecule has 1 unspecified atom stereocenters. The van der Waals surface area contributed by atoms with Gasteiger partial charge in [-0.15, -0.1) is 0 Å². The van der Waals surface area contributed by atoms with Crippen LogP contribution in [0, 0.1) is 17.3 Å². The summed E-state index contributed by atoms with van der Waals surface area (Å²) in [6.07, 6.45) is 6.18.